The summed E-state index contributed by atoms with van der Waals surface area (Å²) in [4.78, 5) is 0. The first kappa shape index (κ1) is 14.7. The second-order valence-corrected chi connectivity index (χ2v) is 4.74. The van der Waals surface area contributed by atoms with Crippen molar-refractivity contribution in [2.24, 2.45) is 0 Å². The number of aromatic nitrogens is 2. The minimum absolute atomic E-state index is 0.0994. The van der Waals surface area contributed by atoms with Crippen molar-refractivity contribution >= 4 is 15.9 Å². The fourth-order valence-electron chi connectivity index (χ4n) is 1.56. The van der Waals surface area contributed by atoms with E-state index in [4.69, 9.17) is 9.47 Å². The Bertz CT molecular complexity index is 353. The molecule has 1 heterocycles. The molecule has 0 saturated carbocycles. The Morgan fingerprint density at radius 2 is 2.12 bits per heavy atom. The minimum Gasteiger partial charge on any atom is -0.379 e. The third-order valence-electron chi connectivity index (χ3n) is 2.51. The van der Waals surface area contributed by atoms with Gasteiger partial charge >= 0.3 is 0 Å². The first-order valence-corrected chi connectivity index (χ1v) is 6.80. The van der Waals surface area contributed by atoms with Crippen LogP contribution in [-0.4, -0.2) is 29.1 Å². The second-order valence-electron chi connectivity index (χ2n) is 3.94. The van der Waals surface area contributed by atoms with Gasteiger partial charge in [-0.3, -0.25) is 4.68 Å². The van der Waals surface area contributed by atoms with E-state index in [2.05, 4.69) is 28.0 Å². The lowest BCUT2D eigenvalue weighted by molar-refractivity contribution is -0.0140. The molecule has 0 aliphatic carbocycles. The lowest BCUT2D eigenvalue weighted by Gasteiger charge is -2.13. The average Bonchev–Trinajstić information content (AvgIpc) is 2.60. The van der Waals surface area contributed by atoms with Crippen LogP contribution in [0, 0.1) is 6.92 Å². The zero-order chi connectivity index (χ0) is 12.8. The van der Waals surface area contributed by atoms with Crippen LogP contribution in [0.15, 0.2) is 4.47 Å². The highest BCUT2D eigenvalue weighted by Gasteiger charge is 2.13. The molecule has 0 aromatic carbocycles. The van der Waals surface area contributed by atoms with Crippen LogP contribution >= 0.6 is 15.9 Å². The van der Waals surface area contributed by atoms with E-state index in [1.54, 1.807) is 0 Å². The van der Waals surface area contributed by atoms with Gasteiger partial charge in [0.2, 0.25) is 0 Å². The maximum atomic E-state index is 5.75. The summed E-state index contributed by atoms with van der Waals surface area (Å²) in [5.41, 5.74) is 2.09. The van der Waals surface area contributed by atoms with Crippen LogP contribution in [0.5, 0.6) is 0 Å². The number of rotatable bonds is 7. The Morgan fingerprint density at radius 1 is 1.41 bits per heavy atom. The normalized spacial score (nSPS) is 13.0. The van der Waals surface area contributed by atoms with Crippen LogP contribution in [0.1, 0.15) is 32.2 Å². The van der Waals surface area contributed by atoms with Crippen molar-refractivity contribution in [3.05, 3.63) is 15.9 Å². The van der Waals surface area contributed by atoms with E-state index >= 15 is 0 Å². The van der Waals surface area contributed by atoms with E-state index in [1.165, 1.54) is 0 Å². The van der Waals surface area contributed by atoms with Crippen molar-refractivity contribution in [2.45, 2.75) is 47.0 Å². The second kappa shape index (κ2) is 7.13. The van der Waals surface area contributed by atoms with Gasteiger partial charge in [-0.1, -0.05) is 0 Å². The molecule has 1 rings (SSSR count). The van der Waals surface area contributed by atoms with Crippen LogP contribution in [0.3, 0.4) is 0 Å². The van der Waals surface area contributed by atoms with Crippen molar-refractivity contribution in [3.63, 3.8) is 0 Å². The smallest absolute Gasteiger partial charge is 0.0901 e. The molecule has 4 nitrogen and oxygen atoms in total. The molecule has 0 fully saturated rings. The molecule has 1 aromatic rings. The highest BCUT2D eigenvalue weighted by atomic mass is 79.9. The van der Waals surface area contributed by atoms with Crippen molar-refractivity contribution in [1.29, 1.82) is 0 Å². The van der Waals surface area contributed by atoms with E-state index in [-0.39, 0.29) is 6.10 Å². The Labute approximate surface area is 111 Å². The molecule has 0 spiro atoms. The molecule has 98 valence electrons. The molecule has 1 unspecified atom stereocenters. The minimum atomic E-state index is 0.0994. The highest BCUT2D eigenvalue weighted by molar-refractivity contribution is 9.10. The van der Waals surface area contributed by atoms with Gasteiger partial charge in [-0.2, -0.15) is 5.10 Å². The monoisotopic (exact) mass is 304 g/mol. The lowest BCUT2D eigenvalue weighted by atomic mass is 10.3. The molecule has 0 radical (unpaired) electrons. The van der Waals surface area contributed by atoms with Crippen LogP contribution in [-0.2, 0) is 22.6 Å². The average molecular weight is 305 g/mol. The summed E-state index contributed by atoms with van der Waals surface area (Å²) < 4.78 is 14.1. The Balaban J connectivity index is 2.56. The molecule has 0 aliphatic heterocycles. The first-order valence-electron chi connectivity index (χ1n) is 6.01. The Kier molecular flexibility index (Phi) is 6.16. The molecular weight excluding hydrogens is 284 g/mol. The van der Waals surface area contributed by atoms with Gasteiger partial charge in [0.1, 0.15) is 0 Å². The van der Waals surface area contributed by atoms with E-state index in [9.17, 15) is 0 Å². The van der Waals surface area contributed by atoms with Crippen molar-refractivity contribution in [2.75, 3.05) is 13.2 Å². The van der Waals surface area contributed by atoms with Crippen LogP contribution in [0.2, 0.25) is 0 Å². The van der Waals surface area contributed by atoms with Crippen LogP contribution in [0.25, 0.3) is 0 Å². The summed E-state index contributed by atoms with van der Waals surface area (Å²) in [6.07, 6.45) is 0.0994. The summed E-state index contributed by atoms with van der Waals surface area (Å²) in [6.45, 7) is 10.8. The number of hydrogen-bond donors (Lipinski definition) is 0. The number of halogens is 1. The summed E-state index contributed by atoms with van der Waals surface area (Å²) in [7, 11) is 0. The molecule has 0 N–H and O–H groups in total. The van der Waals surface area contributed by atoms with Gasteiger partial charge in [-0.05, 0) is 43.6 Å². The number of hydrogen-bond acceptors (Lipinski definition) is 3. The molecule has 17 heavy (non-hydrogen) atoms. The molecule has 0 aliphatic rings. The quantitative estimate of drug-likeness (QED) is 0.777. The summed E-state index contributed by atoms with van der Waals surface area (Å²) >= 11 is 3.55. The molecule has 0 bridgehead atoms. The van der Waals surface area contributed by atoms with Gasteiger partial charge in [0, 0.05) is 13.2 Å². The van der Waals surface area contributed by atoms with E-state index in [0.29, 0.717) is 13.2 Å². The molecule has 1 atom stereocenters. The largest absolute Gasteiger partial charge is 0.379 e. The SMILES string of the molecule is CCOCC(C)OCc1c(Br)c(C)nn1CC. The van der Waals surface area contributed by atoms with Crippen molar-refractivity contribution < 1.29 is 9.47 Å². The third-order valence-corrected chi connectivity index (χ3v) is 3.55. The maximum absolute atomic E-state index is 5.75. The van der Waals surface area contributed by atoms with E-state index in [1.807, 2.05) is 25.5 Å². The first-order chi connectivity index (χ1) is 8.10. The third kappa shape index (κ3) is 4.08. The predicted molar refractivity (Wildman–Crippen MR) is 71.1 cm³/mol. The van der Waals surface area contributed by atoms with Gasteiger partial charge in [0.15, 0.2) is 0 Å². The fraction of sp³-hybridized carbons (Fsp3) is 0.750. The van der Waals surface area contributed by atoms with Crippen molar-refractivity contribution in [3.8, 4) is 0 Å². The molecule has 0 saturated heterocycles. The summed E-state index contributed by atoms with van der Waals surface area (Å²) in [5.74, 6) is 0. The Hall–Kier alpha value is -0.390. The van der Waals surface area contributed by atoms with Gasteiger partial charge in [0.25, 0.3) is 0 Å². The number of nitrogens with zero attached hydrogens (tertiary/aromatic N) is 2. The molecular formula is C12H21BrN2O2. The summed E-state index contributed by atoms with van der Waals surface area (Å²) in [6, 6.07) is 0. The van der Waals surface area contributed by atoms with Crippen LogP contribution < -0.4 is 0 Å². The maximum Gasteiger partial charge on any atom is 0.0901 e. The highest BCUT2D eigenvalue weighted by Crippen LogP contribution is 2.22. The molecule has 1 aromatic heterocycles. The van der Waals surface area contributed by atoms with E-state index < -0.39 is 0 Å². The standard InChI is InChI=1S/C12H21BrN2O2/c1-5-15-11(12(13)10(4)14-15)8-17-9(3)7-16-6-2/h9H,5-8H2,1-4H3. The van der Waals surface area contributed by atoms with Gasteiger partial charge in [0.05, 0.1) is 35.2 Å². The van der Waals surface area contributed by atoms with Gasteiger partial charge < -0.3 is 9.47 Å². The summed E-state index contributed by atoms with van der Waals surface area (Å²) in [5, 5.41) is 4.43. The van der Waals surface area contributed by atoms with E-state index in [0.717, 1.165) is 29.0 Å². The zero-order valence-corrected chi connectivity index (χ0v) is 12.6. The zero-order valence-electron chi connectivity index (χ0n) is 11.0. The van der Waals surface area contributed by atoms with Crippen molar-refractivity contribution in [1.82, 2.24) is 9.78 Å². The molecule has 0 amide bonds. The Morgan fingerprint density at radius 3 is 2.71 bits per heavy atom. The molecule has 5 heteroatoms. The number of ether oxygens (including phenoxy) is 2. The van der Waals surface area contributed by atoms with Gasteiger partial charge in [-0.15, -0.1) is 0 Å². The fourth-order valence-corrected chi connectivity index (χ4v) is 1.96. The predicted octanol–water partition coefficient (Wildman–Crippen LogP) is 2.92. The number of aryl methyl sites for hydroxylation is 2. The van der Waals surface area contributed by atoms with Crippen LogP contribution in [0.4, 0.5) is 0 Å². The topological polar surface area (TPSA) is 36.3 Å². The van der Waals surface area contributed by atoms with Gasteiger partial charge in [-0.25, -0.2) is 0 Å². The lowest BCUT2D eigenvalue weighted by Crippen LogP contribution is -2.17.